The van der Waals surface area contributed by atoms with Gasteiger partial charge in [-0.1, -0.05) is 12.1 Å². The topological polar surface area (TPSA) is 35.5 Å². The molecule has 2 atom stereocenters. The molecule has 2 unspecified atom stereocenters. The van der Waals surface area contributed by atoms with Gasteiger partial charge in [0.2, 0.25) is 0 Å². The van der Waals surface area contributed by atoms with E-state index in [1.165, 1.54) is 38.2 Å². The van der Waals surface area contributed by atoms with E-state index in [-0.39, 0.29) is 0 Å². The molecule has 2 aliphatic rings. The Balaban J connectivity index is 1.62. The first-order chi connectivity index (χ1) is 8.31. The Labute approximate surface area is 102 Å². The molecule has 17 heavy (non-hydrogen) atoms. The standard InChI is InChI=1S/C14H20N2O/c17-14-3-1-2-11(6-14)9-16-5-4-12-7-15-8-13(12)10-16/h1-3,6,12-13,15,17H,4-5,7-10H2. The average Bonchev–Trinajstić information content (AvgIpc) is 2.76. The van der Waals surface area contributed by atoms with Crippen molar-refractivity contribution in [2.24, 2.45) is 11.8 Å². The van der Waals surface area contributed by atoms with Crippen LogP contribution in [-0.4, -0.2) is 36.2 Å². The van der Waals surface area contributed by atoms with Gasteiger partial charge in [0.25, 0.3) is 0 Å². The largest absolute Gasteiger partial charge is 0.508 e. The van der Waals surface area contributed by atoms with Gasteiger partial charge in [-0.15, -0.1) is 0 Å². The normalized spacial score (nSPS) is 29.2. The summed E-state index contributed by atoms with van der Waals surface area (Å²) in [6.07, 6.45) is 1.32. The molecule has 2 aliphatic heterocycles. The number of hydrogen-bond acceptors (Lipinski definition) is 3. The van der Waals surface area contributed by atoms with Crippen LogP contribution in [0.4, 0.5) is 0 Å². The summed E-state index contributed by atoms with van der Waals surface area (Å²) < 4.78 is 0. The van der Waals surface area contributed by atoms with Crippen molar-refractivity contribution in [1.29, 1.82) is 0 Å². The van der Waals surface area contributed by atoms with Gasteiger partial charge in [0, 0.05) is 13.1 Å². The van der Waals surface area contributed by atoms with Gasteiger partial charge in [0.1, 0.15) is 5.75 Å². The molecule has 1 aromatic carbocycles. The van der Waals surface area contributed by atoms with E-state index in [0.29, 0.717) is 5.75 Å². The molecule has 3 rings (SSSR count). The van der Waals surface area contributed by atoms with E-state index in [1.54, 1.807) is 6.07 Å². The molecule has 0 saturated carbocycles. The Kier molecular flexibility index (Phi) is 3.04. The lowest BCUT2D eigenvalue weighted by Gasteiger charge is -2.34. The van der Waals surface area contributed by atoms with E-state index >= 15 is 0 Å². The number of rotatable bonds is 2. The number of nitrogens with one attached hydrogen (secondary N) is 1. The minimum atomic E-state index is 0.375. The number of benzene rings is 1. The molecule has 0 radical (unpaired) electrons. The van der Waals surface area contributed by atoms with Crippen molar-refractivity contribution < 1.29 is 5.11 Å². The molecule has 2 heterocycles. The molecular weight excluding hydrogens is 212 g/mol. The number of phenols is 1. The zero-order valence-electron chi connectivity index (χ0n) is 10.1. The molecule has 0 amide bonds. The SMILES string of the molecule is Oc1cccc(CN2CCC3CNCC3C2)c1. The minimum absolute atomic E-state index is 0.375. The Morgan fingerprint density at radius 1 is 1.29 bits per heavy atom. The fraction of sp³-hybridized carbons (Fsp3) is 0.571. The van der Waals surface area contributed by atoms with Crippen LogP contribution in [0.1, 0.15) is 12.0 Å². The van der Waals surface area contributed by atoms with Crippen molar-refractivity contribution in [2.45, 2.75) is 13.0 Å². The molecule has 0 spiro atoms. The van der Waals surface area contributed by atoms with Crippen LogP contribution in [-0.2, 0) is 6.54 Å². The smallest absolute Gasteiger partial charge is 0.115 e. The lowest BCUT2D eigenvalue weighted by atomic mass is 9.88. The van der Waals surface area contributed by atoms with Gasteiger partial charge in [-0.25, -0.2) is 0 Å². The van der Waals surface area contributed by atoms with Crippen LogP contribution in [0.15, 0.2) is 24.3 Å². The number of nitrogens with zero attached hydrogens (tertiary/aromatic N) is 1. The maximum Gasteiger partial charge on any atom is 0.115 e. The summed E-state index contributed by atoms with van der Waals surface area (Å²) in [5, 5.41) is 13.0. The molecule has 92 valence electrons. The molecule has 2 saturated heterocycles. The summed E-state index contributed by atoms with van der Waals surface area (Å²) in [4.78, 5) is 2.52. The number of hydrogen-bond donors (Lipinski definition) is 2. The Morgan fingerprint density at radius 3 is 3.06 bits per heavy atom. The van der Waals surface area contributed by atoms with E-state index in [4.69, 9.17) is 0 Å². The highest BCUT2D eigenvalue weighted by molar-refractivity contribution is 5.27. The van der Waals surface area contributed by atoms with Crippen LogP contribution in [0.3, 0.4) is 0 Å². The Hall–Kier alpha value is -1.06. The number of piperidine rings is 1. The number of likely N-dealkylation sites (tertiary alicyclic amines) is 1. The van der Waals surface area contributed by atoms with E-state index in [0.717, 1.165) is 18.4 Å². The first kappa shape index (κ1) is 11.1. The lowest BCUT2D eigenvalue weighted by Crippen LogP contribution is -2.39. The van der Waals surface area contributed by atoms with Crippen molar-refractivity contribution >= 4 is 0 Å². The van der Waals surface area contributed by atoms with Gasteiger partial charge >= 0.3 is 0 Å². The predicted molar refractivity (Wildman–Crippen MR) is 67.9 cm³/mol. The zero-order chi connectivity index (χ0) is 11.7. The summed E-state index contributed by atoms with van der Waals surface area (Å²) in [5.41, 5.74) is 1.22. The van der Waals surface area contributed by atoms with Crippen molar-refractivity contribution in [3.8, 4) is 5.75 Å². The predicted octanol–water partition coefficient (Wildman–Crippen LogP) is 1.43. The molecule has 2 fully saturated rings. The van der Waals surface area contributed by atoms with Gasteiger partial charge in [0.05, 0.1) is 0 Å². The summed E-state index contributed by atoms with van der Waals surface area (Å²) >= 11 is 0. The first-order valence-electron chi connectivity index (χ1n) is 6.52. The summed E-state index contributed by atoms with van der Waals surface area (Å²) in [6, 6.07) is 7.63. The highest BCUT2D eigenvalue weighted by atomic mass is 16.3. The van der Waals surface area contributed by atoms with Crippen LogP contribution >= 0.6 is 0 Å². The lowest BCUT2D eigenvalue weighted by molar-refractivity contribution is 0.142. The summed E-state index contributed by atoms with van der Waals surface area (Å²) in [6.45, 7) is 5.76. The van der Waals surface area contributed by atoms with Crippen molar-refractivity contribution in [2.75, 3.05) is 26.2 Å². The first-order valence-corrected chi connectivity index (χ1v) is 6.52. The van der Waals surface area contributed by atoms with E-state index in [9.17, 15) is 5.11 Å². The molecule has 3 nitrogen and oxygen atoms in total. The second-order valence-corrected chi connectivity index (χ2v) is 5.37. The number of phenolic OH excluding ortho intramolecular Hbond substituents is 1. The van der Waals surface area contributed by atoms with Crippen molar-refractivity contribution in [1.82, 2.24) is 10.2 Å². The van der Waals surface area contributed by atoms with E-state index in [1.807, 2.05) is 12.1 Å². The second-order valence-electron chi connectivity index (χ2n) is 5.37. The van der Waals surface area contributed by atoms with Gasteiger partial charge in [-0.05, 0) is 55.6 Å². The van der Waals surface area contributed by atoms with Crippen LogP contribution in [0.2, 0.25) is 0 Å². The zero-order valence-corrected chi connectivity index (χ0v) is 10.1. The molecule has 2 N–H and O–H groups in total. The van der Waals surface area contributed by atoms with Gasteiger partial charge in [0.15, 0.2) is 0 Å². The fourth-order valence-electron chi connectivity index (χ4n) is 3.17. The maximum absolute atomic E-state index is 9.46. The highest BCUT2D eigenvalue weighted by Gasteiger charge is 2.32. The van der Waals surface area contributed by atoms with Crippen LogP contribution in [0.25, 0.3) is 0 Å². The van der Waals surface area contributed by atoms with Gasteiger partial charge in [-0.2, -0.15) is 0 Å². The van der Waals surface area contributed by atoms with E-state index < -0.39 is 0 Å². The van der Waals surface area contributed by atoms with Crippen LogP contribution < -0.4 is 5.32 Å². The third-order valence-electron chi connectivity index (χ3n) is 4.11. The Bertz CT molecular complexity index is 394. The minimum Gasteiger partial charge on any atom is -0.508 e. The molecule has 0 bridgehead atoms. The second kappa shape index (κ2) is 4.67. The fourth-order valence-corrected chi connectivity index (χ4v) is 3.17. The Morgan fingerprint density at radius 2 is 2.18 bits per heavy atom. The van der Waals surface area contributed by atoms with Crippen molar-refractivity contribution in [3.63, 3.8) is 0 Å². The molecule has 0 aromatic heterocycles. The quantitative estimate of drug-likeness (QED) is 0.810. The van der Waals surface area contributed by atoms with E-state index in [2.05, 4.69) is 16.3 Å². The number of aromatic hydroxyl groups is 1. The maximum atomic E-state index is 9.46. The van der Waals surface area contributed by atoms with Gasteiger partial charge < -0.3 is 10.4 Å². The summed E-state index contributed by atoms with van der Waals surface area (Å²) in [7, 11) is 0. The third kappa shape index (κ3) is 2.45. The van der Waals surface area contributed by atoms with Gasteiger partial charge in [-0.3, -0.25) is 4.90 Å². The van der Waals surface area contributed by atoms with Crippen LogP contribution in [0, 0.1) is 11.8 Å². The summed E-state index contributed by atoms with van der Waals surface area (Å²) in [5.74, 6) is 2.11. The molecule has 0 aliphatic carbocycles. The molecule has 3 heteroatoms. The number of fused-ring (bicyclic) bond motifs is 1. The highest BCUT2D eigenvalue weighted by Crippen LogP contribution is 2.27. The molecular formula is C14H20N2O. The molecule has 1 aromatic rings. The third-order valence-corrected chi connectivity index (χ3v) is 4.11. The van der Waals surface area contributed by atoms with Crippen molar-refractivity contribution in [3.05, 3.63) is 29.8 Å². The van der Waals surface area contributed by atoms with Crippen LogP contribution in [0.5, 0.6) is 5.75 Å². The average molecular weight is 232 g/mol. The monoisotopic (exact) mass is 232 g/mol.